The smallest absolute Gasteiger partial charge is 0.162 e. The topological polar surface area (TPSA) is 34.9 Å². The fraction of sp³-hybridized carbons (Fsp3) is 0.0667. The number of para-hydroxylation sites is 1. The van der Waals surface area contributed by atoms with E-state index in [1.165, 1.54) is 0 Å². The molecule has 0 unspecified atom stereocenters. The largest absolute Gasteiger partial charge is 0.294 e. The molecule has 0 amide bonds. The number of aromatic nitrogens is 2. The molecular weight excluding hydrogens is 304 g/mol. The van der Waals surface area contributed by atoms with Gasteiger partial charge in [0.25, 0.3) is 0 Å². The van der Waals surface area contributed by atoms with E-state index in [9.17, 15) is 4.79 Å². The van der Waals surface area contributed by atoms with Crippen molar-refractivity contribution in [1.82, 2.24) is 9.78 Å². The maximum Gasteiger partial charge on any atom is 0.162 e. The summed E-state index contributed by atoms with van der Waals surface area (Å²) in [7, 11) is 0. The Morgan fingerprint density at radius 1 is 1.21 bits per heavy atom. The second kappa shape index (κ2) is 4.63. The molecule has 94 valence electrons. The number of rotatable bonds is 2. The SMILES string of the molecule is CC(=O)c1cc(Br)ccc1-n1ncc2ccccc21. The highest BCUT2D eigenvalue weighted by Crippen LogP contribution is 2.24. The van der Waals surface area contributed by atoms with Gasteiger partial charge in [0.1, 0.15) is 0 Å². The Bertz CT molecular complexity index is 777. The van der Waals surface area contributed by atoms with Gasteiger partial charge in [-0.1, -0.05) is 34.1 Å². The Labute approximate surface area is 119 Å². The van der Waals surface area contributed by atoms with Crippen molar-refractivity contribution >= 4 is 32.6 Å². The van der Waals surface area contributed by atoms with Gasteiger partial charge in [0.15, 0.2) is 5.78 Å². The minimum Gasteiger partial charge on any atom is -0.294 e. The Hall–Kier alpha value is -1.94. The van der Waals surface area contributed by atoms with Crippen LogP contribution in [0.3, 0.4) is 0 Å². The number of benzene rings is 2. The number of carbonyl (C=O) groups is 1. The molecule has 3 aromatic rings. The van der Waals surface area contributed by atoms with E-state index in [4.69, 9.17) is 0 Å². The number of carbonyl (C=O) groups excluding carboxylic acids is 1. The minimum atomic E-state index is 0.0240. The van der Waals surface area contributed by atoms with Crippen LogP contribution in [-0.4, -0.2) is 15.6 Å². The van der Waals surface area contributed by atoms with Gasteiger partial charge in [-0.05, 0) is 31.2 Å². The molecule has 1 heterocycles. The number of Topliss-reactive ketones (excluding diaryl/α,β-unsaturated/α-hetero) is 1. The first-order valence-corrected chi connectivity index (χ1v) is 6.70. The average Bonchev–Trinajstić information content (AvgIpc) is 2.82. The number of ketones is 1. The van der Waals surface area contributed by atoms with Crippen molar-refractivity contribution in [2.75, 3.05) is 0 Å². The van der Waals surface area contributed by atoms with Crippen molar-refractivity contribution in [2.45, 2.75) is 6.92 Å². The molecule has 1 aromatic heterocycles. The molecule has 2 aromatic carbocycles. The zero-order chi connectivity index (χ0) is 13.4. The van der Waals surface area contributed by atoms with Gasteiger partial charge in [0, 0.05) is 15.4 Å². The molecule has 0 fully saturated rings. The van der Waals surface area contributed by atoms with Crippen molar-refractivity contribution in [3.8, 4) is 5.69 Å². The first-order chi connectivity index (χ1) is 9.16. The van der Waals surface area contributed by atoms with Crippen LogP contribution in [0.1, 0.15) is 17.3 Å². The summed E-state index contributed by atoms with van der Waals surface area (Å²) >= 11 is 3.40. The van der Waals surface area contributed by atoms with Gasteiger partial charge in [-0.3, -0.25) is 4.79 Å². The maximum atomic E-state index is 11.8. The van der Waals surface area contributed by atoms with E-state index in [1.807, 2.05) is 42.5 Å². The number of fused-ring (bicyclic) bond motifs is 1. The summed E-state index contributed by atoms with van der Waals surface area (Å²) < 4.78 is 2.69. The summed E-state index contributed by atoms with van der Waals surface area (Å²) in [6, 6.07) is 13.6. The van der Waals surface area contributed by atoms with Crippen LogP contribution in [-0.2, 0) is 0 Å². The molecule has 0 bridgehead atoms. The second-order valence-corrected chi connectivity index (χ2v) is 5.25. The predicted molar refractivity (Wildman–Crippen MR) is 78.8 cm³/mol. The van der Waals surface area contributed by atoms with Gasteiger partial charge >= 0.3 is 0 Å². The molecule has 3 rings (SSSR count). The highest BCUT2D eigenvalue weighted by molar-refractivity contribution is 9.10. The zero-order valence-corrected chi connectivity index (χ0v) is 11.9. The number of hydrogen-bond acceptors (Lipinski definition) is 2. The zero-order valence-electron chi connectivity index (χ0n) is 10.3. The second-order valence-electron chi connectivity index (χ2n) is 4.33. The fourth-order valence-electron chi connectivity index (χ4n) is 2.14. The van der Waals surface area contributed by atoms with E-state index in [0.29, 0.717) is 5.56 Å². The lowest BCUT2D eigenvalue weighted by Crippen LogP contribution is -2.04. The normalized spacial score (nSPS) is 10.8. The van der Waals surface area contributed by atoms with Gasteiger partial charge in [-0.25, -0.2) is 4.68 Å². The van der Waals surface area contributed by atoms with Crippen LogP contribution >= 0.6 is 15.9 Å². The number of hydrogen-bond donors (Lipinski definition) is 0. The van der Waals surface area contributed by atoms with Gasteiger partial charge in [0.05, 0.1) is 17.4 Å². The van der Waals surface area contributed by atoms with Crippen molar-refractivity contribution in [3.63, 3.8) is 0 Å². The van der Waals surface area contributed by atoms with E-state index in [-0.39, 0.29) is 5.78 Å². The van der Waals surface area contributed by atoms with Crippen LogP contribution < -0.4 is 0 Å². The summed E-state index contributed by atoms with van der Waals surface area (Å²) in [6.45, 7) is 1.57. The highest BCUT2D eigenvalue weighted by atomic mass is 79.9. The molecule has 0 aliphatic rings. The predicted octanol–water partition coefficient (Wildman–Crippen LogP) is 3.99. The average molecular weight is 315 g/mol. The molecule has 0 spiro atoms. The molecule has 0 saturated heterocycles. The Balaban J connectivity index is 2.30. The fourth-order valence-corrected chi connectivity index (χ4v) is 2.50. The number of nitrogens with zero attached hydrogens (tertiary/aromatic N) is 2. The third-order valence-electron chi connectivity index (χ3n) is 3.04. The highest BCUT2D eigenvalue weighted by Gasteiger charge is 2.12. The standard InChI is InChI=1S/C15H11BrN2O/c1-10(19)13-8-12(16)6-7-15(13)18-14-5-3-2-4-11(14)9-17-18/h2-9H,1H3. The van der Waals surface area contributed by atoms with E-state index < -0.39 is 0 Å². The molecule has 0 aliphatic carbocycles. The third-order valence-corrected chi connectivity index (χ3v) is 3.54. The van der Waals surface area contributed by atoms with Crippen LogP contribution in [0.4, 0.5) is 0 Å². The van der Waals surface area contributed by atoms with E-state index in [2.05, 4.69) is 21.0 Å². The van der Waals surface area contributed by atoms with Gasteiger partial charge in [-0.15, -0.1) is 0 Å². The molecule has 0 aliphatic heterocycles. The molecule has 4 heteroatoms. The molecule has 19 heavy (non-hydrogen) atoms. The summed E-state index contributed by atoms with van der Waals surface area (Å²) in [5.74, 6) is 0.0240. The summed E-state index contributed by atoms with van der Waals surface area (Å²) in [5, 5.41) is 5.44. The van der Waals surface area contributed by atoms with Crippen LogP contribution in [0.25, 0.3) is 16.6 Å². The van der Waals surface area contributed by atoms with Crippen molar-refractivity contribution < 1.29 is 4.79 Å². The van der Waals surface area contributed by atoms with Crippen LogP contribution in [0, 0.1) is 0 Å². The molecular formula is C15H11BrN2O. The quantitative estimate of drug-likeness (QED) is 0.670. The van der Waals surface area contributed by atoms with E-state index in [0.717, 1.165) is 21.1 Å². The first kappa shape index (κ1) is 12.1. The lowest BCUT2D eigenvalue weighted by Gasteiger charge is -2.09. The Morgan fingerprint density at radius 2 is 2.00 bits per heavy atom. The lowest BCUT2D eigenvalue weighted by molar-refractivity contribution is 0.101. The van der Waals surface area contributed by atoms with Crippen molar-refractivity contribution in [1.29, 1.82) is 0 Å². The van der Waals surface area contributed by atoms with Crippen molar-refractivity contribution in [3.05, 3.63) is 58.7 Å². The summed E-state index contributed by atoms with van der Waals surface area (Å²) in [4.78, 5) is 11.8. The van der Waals surface area contributed by atoms with Gasteiger partial charge in [0.2, 0.25) is 0 Å². The molecule has 0 radical (unpaired) electrons. The minimum absolute atomic E-state index is 0.0240. The summed E-state index contributed by atoms with van der Waals surface area (Å²) in [6.07, 6.45) is 1.81. The summed E-state index contributed by atoms with van der Waals surface area (Å²) in [5.41, 5.74) is 2.45. The monoisotopic (exact) mass is 314 g/mol. The lowest BCUT2D eigenvalue weighted by atomic mass is 10.1. The Kier molecular flexibility index (Phi) is 2.95. The molecule has 0 N–H and O–H groups in total. The maximum absolute atomic E-state index is 11.8. The van der Waals surface area contributed by atoms with Crippen LogP contribution in [0.2, 0.25) is 0 Å². The first-order valence-electron chi connectivity index (χ1n) is 5.90. The third kappa shape index (κ3) is 2.08. The van der Waals surface area contributed by atoms with Crippen LogP contribution in [0.5, 0.6) is 0 Å². The Morgan fingerprint density at radius 3 is 2.79 bits per heavy atom. The van der Waals surface area contributed by atoms with Crippen molar-refractivity contribution in [2.24, 2.45) is 0 Å². The van der Waals surface area contributed by atoms with Gasteiger partial charge in [-0.2, -0.15) is 5.10 Å². The molecule has 0 atom stereocenters. The molecule has 0 saturated carbocycles. The van der Waals surface area contributed by atoms with E-state index >= 15 is 0 Å². The molecule has 3 nitrogen and oxygen atoms in total. The number of halogens is 1. The van der Waals surface area contributed by atoms with Gasteiger partial charge < -0.3 is 0 Å². The van der Waals surface area contributed by atoms with E-state index in [1.54, 1.807) is 17.8 Å². The van der Waals surface area contributed by atoms with Crippen LogP contribution in [0.15, 0.2) is 53.1 Å².